The summed E-state index contributed by atoms with van der Waals surface area (Å²) in [6.45, 7) is 1.86. The number of urea groups is 1. The van der Waals surface area contributed by atoms with Crippen LogP contribution in [0.1, 0.15) is 15.9 Å². The largest absolute Gasteiger partial charge is 0.573 e. The van der Waals surface area contributed by atoms with Gasteiger partial charge in [0.2, 0.25) is 0 Å². The number of alkyl halides is 3. The first kappa shape index (κ1) is 20.5. The molecule has 1 aliphatic rings. The van der Waals surface area contributed by atoms with E-state index in [2.05, 4.69) is 10.1 Å². The molecular formula is C20H20F3N3O3. The van der Waals surface area contributed by atoms with Gasteiger partial charge in [0.25, 0.3) is 5.91 Å². The molecule has 0 radical (unpaired) electrons. The number of benzene rings is 2. The van der Waals surface area contributed by atoms with E-state index in [4.69, 9.17) is 0 Å². The van der Waals surface area contributed by atoms with Gasteiger partial charge in [0.15, 0.2) is 0 Å². The standard InChI is InChI=1S/C20H20F3N3O3/c21-20(22,23)29-17-8-6-15(7-9-17)14-24-19(28)26-12-10-25(11-13-26)18(27)16-4-2-1-3-5-16/h1-9H,10-14H2,(H,24,28). The van der Waals surface area contributed by atoms with Crippen LogP contribution >= 0.6 is 0 Å². The number of hydrogen-bond donors (Lipinski definition) is 1. The molecule has 1 heterocycles. The van der Waals surface area contributed by atoms with Crippen molar-refractivity contribution in [3.63, 3.8) is 0 Å². The topological polar surface area (TPSA) is 61.9 Å². The lowest BCUT2D eigenvalue weighted by Gasteiger charge is -2.34. The number of hydrogen-bond acceptors (Lipinski definition) is 3. The molecule has 0 aromatic heterocycles. The number of nitrogens with zero attached hydrogens (tertiary/aromatic N) is 2. The molecule has 0 bridgehead atoms. The van der Waals surface area contributed by atoms with E-state index in [-0.39, 0.29) is 24.2 Å². The van der Waals surface area contributed by atoms with Crippen LogP contribution in [-0.2, 0) is 6.54 Å². The van der Waals surface area contributed by atoms with Crippen molar-refractivity contribution in [1.29, 1.82) is 0 Å². The zero-order valence-electron chi connectivity index (χ0n) is 15.5. The summed E-state index contributed by atoms with van der Waals surface area (Å²) >= 11 is 0. The lowest BCUT2D eigenvalue weighted by atomic mass is 10.2. The van der Waals surface area contributed by atoms with Crippen molar-refractivity contribution in [2.45, 2.75) is 12.9 Å². The second-order valence-corrected chi connectivity index (χ2v) is 6.50. The van der Waals surface area contributed by atoms with Gasteiger partial charge < -0.3 is 19.9 Å². The Balaban J connectivity index is 1.45. The molecule has 9 heteroatoms. The molecule has 0 aliphatic carbocycles. The smallest absolute Gasteiger partial charge is 0.406 e. The van der Waals surface area contributed by atoms with Gasteiger partial charge in [-0.15, -0.1) is 13.2 Å². The van der Waals surface area contributed by atoms with E-state index in [1.807, 2.05) is 6.07 Å². The van der Waals surface area contributed by atoms with E-state index in [9.17, 15) is 22.8 Å². The van der Waals surface area contributed by atoms with Crippen LogP contribution in [0.4, 0.5) is 18.0 Å². The van der Waals surface area contributed by atoms with Crippen LogP contribution in [0.5, 0.6) is 5.75 Å². The first-order valence-electron chi connectivity index (χ1n) is 9.03. The summed E-state index contributed by atoms with van der Waals surface area (Å²) in [7, 11) is 0. The van der Waals surface area contributed by atoms with E-state index in [1.54, 1.807) is 34.1 Å². The fraction of sp³-hybridized carbons (Fsp3) is 0.300. The van der Waals surface area contributed by atoms with E-state index < -0.39 is 6.36 Å². The maximum absolute atomic E-state index is 12.4. The van der Waals surface area contributed by atoms with Gasteiger partial charge in [0, 0.05) is 38.3 Å². The summed E-state index contributed by atoms with van der Waals surface area (Å²) in [6.07, 6.45) is -4.74. The maximum Gasteiger partial charge on any atom is 0.573 e. The van der Waals surface area contributed by atoms with Crippen molar-refractivity contribution in [3.8, 4) is 5.75 Å². The number of halogens is 3. The summed E-state index contributed by atoms with van der Waals surface area (Å²) in [6, 6.07) is 14.0. The molecule has 2 aromatic rings. The molecule has 6 nitrogen and oxygen atoms in total. The van der Waals surface area contributed by atoms with E-state index in [0.29, 0.717) is 37.3 Å². The van der Waals surface area contributed by atoms with Gasteiger partial charge in [-0.3, -0.25) is 4.79 Å². The van der Waals surface area contributed by atoms with Crippen molar-refractivity contribution in [2.75, 3.05) is 26.2 Å². The fourth-order valence-electron chi connectivity index (χ4n) is 2.97. The Morgan fingerprint density at radius 1 is 0.897 bits per heavy atom. The average molecular weight is 407 g/mol. The zero-order valence-corrected chi connectivity index (χ0v) is 15.5. The third-order valence-electron chi connectivity index (χ3n) is 4.48. The SMILES string of the molecule is O=C(NCc1ccc(OC(F)(F)F)cc1)N1CCN(C(=O)c2ccccc2)CC1. The molecule has 2 aromatic carbocycles. The number of piperazine rings is 1. The molecule has 1 fully saturated rings. The van der Waals surface area contributed by atoms with Crippen molar-refractivity contribution < 1.29 is 27.5 Å². The van der Waals surface area contributed by atoms with Crippen molar-refractivity contribution in [3.05, 3.63) is 65.7 Å². The van der Waals surface area contributed by atoms with Crippen LogP contribution in [0.3, 0.4) is 0 Å². The second kappa shape index (κ2) is 8.85. The van der Waals surface area contributed by atoms with Gasteiger partial charge in [-0.2, -0.15) is 0 Å². The number of ether oxygens (including phenoxy) is 1. The quantitative estimate of drug-likeness (QED) is 0.847. The molecule has 0 saturated carbocycles. The molecular weight excluding hydrogens is 387 g/mol. The molecule has 0 unspecified atom stereocenters. The summed E-state index contributed by atoms with van der Waals surface area (Å²) in [5.74, 6) is -0.376. The van der Waals surface area contributed by atoms with E-state index in [0.717, 1.165) is 0 Å². The van der Waals surface area contributed by atoms with Crippen LogP contribution in [-0.4, -0.2) is 54.3 Å². The van der Waals surface area contributed by atoms with Crippen LogP contribution in [0.15, 0.2) is 54.6 Å². The number of amides is 3. The minimum Gasteiger partial charge on any atom is -0.406 e. The molecule has 1 aliphatic heterocycles. The van der Waals surface area contributed by atoms with E-state index >= 15 is 0 Å². The summed E-state index contributed by atoms with van der Waals surface area (Å²) in [5.41, 5.74) is 1.26. The summed E-state index contributed by atoms with van der Waals surface area (Å²) < 4.78 is 40.3. The Morgan fingerprint density at radius 3 is 2.07 bits per heavy atom. The lowest BCUT2D eigenvalue weighted by molar-refractivity contribution is -0.274. The zero-order chi connectivity index (χ0) is 20.9. The second-order valence-electron chi connectivity index (χ2n) is 6.50. The molecule has 3 amide bonds. The number of carbonyl (C=O) groups excluding carboxylic acids is 2. The third-order valence-corrected chi connectivity index (χ3v) is 4.48. The highest BCUT2D eigenvalue weighted by molar-refractivity contribution is 5.94. The van der Waals surface area contributed by atoms with Crippen LogP contribution in [0.25, 0.3) is 0 Å². The molecule has 1 N–H and O–H groups in total. The number of rotatable bonds is 4. The highest BCUT2D eigenvalue weighted by Crippen LogP contribution is 2.22. The van der Waals surface area contributed by atoms with Gasteiger partial charge >= 0.3 is 12.4 Å². The first-order chi connectivity index (χ1) is 13.8. The lowest BCUT2D eigenvalue weighted by Crippen LogP contribution is -2.53. The fourth-order valence-corrected chi connectivity index (χ4v) is 2.97. The first-order valence-corrected chi connectivity index (χ1v) is 9.03. The molecule has 1 saturated heterocycles. The molecule has 154 valence electrons. The Morgan fingerprint density at radius 2 is 1.48 bits per heavy atom. The highest BCUT2D eigenvalue weighted by atomic mass is 19.4. The van der Waals surface area contributed by atoms with Crippen molar-refractivity contribution in [2.24, 2.45) is 0 Å². The van der Waals surface area contributed by atoms with Gasteiger partial charge in [0.1, 0.15) is 5.75 Å². The van der Waals surface area contributed by atoms with Crippen LogP contribution in [0, 0.1) is 0 Å². The average Bonchev–Trinajstić information content (AvgIpc) is 2.72. The monoisotopic (exact) mass is 407 g/mol. The third kappa shape index (κ3) is 5.87. The molecule has 3 rings (SSSR count). The molecule has 29 heavy (non-hydrogen) atoms. The molecule has 0 atom stereocenters. The maximum atomic E-state index is 12.4. The Bertz CT molecular complexity index is 834. The Kier molecular flexibility index (Phi) is 6.26. The van der Waals surface area contributed by atoms with Crippen molar-refractivity contribution >= 4 is 11.9 Å². The van der Waals surface area contributed by atoms with Gasteiger partial charge in [-0.25, -0.2) is 4.79 Å². The Hall–Kier alpha value is -3.23. The van der Waals surface area contributed by atoms with Crippen LogP contribution < -0.4 is 10.1 Å². The van der Waals surface area contributed by atoms with Gasteiger partial charge in [-0.1, -0.05) is 30.3 Å². The Labute approximate surface area is 165 Å². The van der Waals surface area contributed by atoms with Crippen molar-refractivity contribution in [1.82, 2.24) is 15.1 Å². The van der Waals surface area contributed by atoms with Gasteiger partial charge in [0.05, 0.1) is 0 Å². The summed E-state index contributed by atoms with van der Waals surface area (Å²) in [5, 5.41) is 2.73. The van der Waals surface area contributed by atoms with Crippen LogP contribution in [0.2, 0.25) is 0 Å². The minimum atomic E-state index is -4.74. The number of carbonyl (C=O) groups is 2. The highest BCUT2D eigenvalue weighted by Gasteiger charge is 2.31. The normalized spacial score (nSPS) is 14.4. The summed E-state index contributed by atoms with van der Waals surface area (Å²) in [4.78, 5) is 28.1. The van der Waals surface area contributed by atoms with E-state index in [1.165, 1.54) is 24.3 Å². The minimum absolute atomic E-state index is 0.0631. The number of nitrogens with one attached hydrogen (secondary N) is 1. The molecule has 0 spiro atoms. The predicted molar refractivity (Wildman–Crippen MR) is 99.3 cm³/mol. The predicted octanol–water partition coefficient (Wildman–Crippen LogP) is 3.25. The van der Waals surface area contributed by atoms with Gasteiger partial charge in [-0.05, 0) is 29.8 Å².